The highest BCUT2D eigenvalue weighted by atomic mass is 16.5. The summed E-state index contributed by atoms with van der Waals surface area (Å²) in [5.41, 5.74) is 6.93. The molecule has 4 amide bonds. The predicted molar refractivity (Wildman–Crippen MR) is 235 cm³/mol. The molecule has 4 N–H and O–H groups in total. The molecule has 4 aromatic carbocycles. The number of nitrogens with zero attached hydrogens (tertiary/aromatic N) is 4. The Hall–Kier alpha value is -7.14. The Morgan fingerprint density at radius 3 is 2.19 bits per heavy atom. The molecule has 2 aliphatic heterocycles. The number of likely N-dealkylation sites (tertiary alicyclic amines) is 2. The number of aromatic amines is 2. The first-order valence-corrected chi connectivity index (χ1v) is 21.0. The maximum absolute atomic E-state index is 14.0. The molecule has 2 fully saturated rings. The van der Waals surface area contributed by atoms with Gasteiger partial charge in [-0.05, 0) is 78.8 Å². The second-order valence-electron chi connectivity index (χ2n) is 16.1. The minimum atomic E-state index is -0.901. The Morgan fingerprint density at radius 1 is 0.790 bits per heavy atom. The molecule has 4 atom stereocenters. The lowest BCUT2D eigenvalue weighted by molar-refractivity contribution is -0.135. The average Bonchev–Trinajstić information content (AvgIpc) is 4.13. The SMILES string of the molecule is CC#Cc1cc(-c2cnc([C@@H]3CCCN3C(=O)[C@H](NC(=O)OC)c3ccccc3)[nH]2)ccc1-c1ccc2c(ccc3nc([C@@H]4CCCN4C(=O)[C@@H](NC(=O)OC)C(C)C)[nH]c32)c1. The molecule has 0 radical (unpaired) electrons. The highest BCUT2D eigenvalue weighted by Gasteiger charge is 2.39. The first-order chi connectivity index (χ1) is 30.1. The highest BCUT2D eigenvalue weighted by Crippen LogP contribution is 2.38. The smallest absolute Gasteiger partial charge is 0.407 e. The third-order valence-corrected chi connectivity index (χ3v) is 11.9. The van der Waals surface area contributed by atoms with Crippen molar-refractivity contribution < 1.29 is 28.7 Å². The Morgan fingerprint density at radius 2 is 1.48 bits per heavy atom. The lowest BCUT2D eigenvalue weighted by atomic mass is 9.95. The van der Waals surface area contributed by atoms with Gasteiger partial charge in [-0.25, -0.2) is 19.6 Å². The van der Waals surface area contributed by atoms with Crippen LogP contribution in [0.3, 0.4) is 0 Å². The van der Waals surface area contributed by atoms with E-state index in [1.165, 1.54) is 14.2 Å². The molecule has 0 saturated carbocycles. The van der Waals surface area contributed by atoms with Crippen molar-refractivity contribution in [2.75, 3.05) is 27.3 Å². The fraction of sp³-hybridized carbons (Fsp3) is 0.333. The number of rotatable bonds is 10. The van der Waals surface area contributed by atoms with Gasteiger partial charge in [-0.15, -0.1) is 5.92 Å². The average molecular weight is 835 g/mol. The summed E-state index contributed by atoms with van der Waals surface area (Å²) in [6, 6.07) is 23.6. The van der Waals surface area contributed by atoms with Crippen molar-refractivity contribution in [3.8, 4) is 34.2 Å². The number of ether oxygens (including phenoxy) is 2. The van der Waals surface area contributed by atoms with Crippen molar-refractivity contribution in [2.24, 2.45) is 5.92 Å². The molecule has 2 aliphatic rings. The van der Waals surface area contributed by atoms with E-state index in [4.69, 9.17) is 19.4 Å². The van der Waals surface area contributed by atoms with Gasteiger partial charge in [-0.3, -0.25) is 9.59 Å². The van der Waals surface area contributed by atoms with Gasteiger partial charge in [0.2, 0.25) is 5.91 Å². The summed E-state index contributed by atoms with van der Waals surface area (Å²) >= 11 is 0. The normalized spacial score (nSPS) is 17.1. The van der Waals surface area contributed by atoms with Gasteiger partial charge in [0.25, 0.3) is 5.91 Å². The highest BCUT2D eigenvalue weighted by molar-refractivity contribution is 6.05. The topological polar surface area (TPSA) is 175 Å². The molecule has 2 saturated heterocycles. The van der Waals surface area contributed by atoms with Crippen LogP contribution in [0.1, 0.15) is 87.4 Å². The number of methoxy groups -OCH3 is 2. The molecule has 2 aromatic heterocycles. The van der Waals surface area contributed by atoms with Crippen LogP contribution in [0.25, 0.3) is 44.2 Å². The van der Waals surface area contributed by atoms with Crippen LogP contribution >= 0.6 is 0 Å². The van der Waals surface area contributed by atoms with Gasteiger partial charge < -0.3 is 39.9 Å². The molecule has 14 nitrogen and oxygen atoms in total. The molecule has 318 valence electrons. The zero-order valence-corrected chi connectivity index (χ0v) is 35.5. The summed E-state index contributed by atoms with van der Waals surface area (Å²) in [5.74, 6) is 7.29. The number of alkyl carbamates (subject to hydrolysis) is 2. The van der Waals surface area contributed by atoms with Gasteiger partial charge in [-0.1, -0.05) is 80.4 Å². The number of benzene rings is 4. The van der Waals surface area contributed by atoms with Gasteiger partial charge in [0.15, 0.2) is 0 Å². The second-order valence-corrected chi connectivity index (χ2v) is 16.1. The number of H-pyrrole nitrogens is 2. The summed E-state index contributed by atoms with van der Waals surface area (Å²) in [6.07, 6.45) is 3.60. The van der Waals surface area contributed by atoms with Crippen molar-refractivity contribution in [3.63, 3.8) is 0 Å². The Balaban J connectivity index is 1.04. The summed E-state index contributed by atoms with van der Waals surface area (Å²) in [6.45, 7) is 6.74. The summed E-state index contributed by atoms with van der Waals surface area (Å²) in [7, 11) is 2.57. The van der Waals surface area contributed by atoms with E-state index in [9.17, 15) is 19.2 Å². The van der Waals surface area contributed by atoms with Crippen molar-refractivity contribution in [1.29, 1.82) is 0 Å². The second kappa shape index (κ2) is 17.8. The lowest BCUT2D eigenvalue weighted by Gasteiger charge is -2.29. The third-order valence-electron chi connectivity index (χ3n) is 11.9. The zero-order valence-electron chi connectivity index (χ0n) is 35.5. The molecular formula is C48H50N8O6. The molecule has 0 aliphatic carbocycles. The van der Waals surface area contributed by atoms with Crippen molar-refractivity contribution in [3.05, 3.63) is 108 Å². The number of hydrogen-bond donors (Lipinski definition) is 4. The van der Waals surface area contributed by atoms with Crippen LogP contribution in [0.5, 0.6) is 0 Å². The van der Waals surface area contributed by atoms with Gasteiger partial charge in [0, 0.05) is 29.6 Å². The van der Waals surface area contributed by atoms with Crippen molar-refractivity contribution >= 4 is 45.8 Å². The fourth-order valence-corrected chi connectivity index (χ4v) is 8.79. The van der Waals surface area contributed by atoms with E-state index < -0.39 is 24.3 Å². The van der Waals surface area contributed by atoms with Crippen LogP contribution < -0.4 is 10.6 Å². The molecule has 0 unspecified atom stereocenters. The molecule has 6 aromatic rings. The molecule has 0 spiro atoms. The van der Waals surface area contributed by atoms with E-state index in [1.54, 1.807) is 11.1 Å². The largest absolute Gasteiger partial charge is 0.453 e. The monoisotopic (exact) mass is 834 g/mol. The number of imidazole rings is 2. The van der Waals surface area contributed by atoms with Gasteiger partial charge >= 0.3 is 12.2 Å². The number of aromatic nitrogens is 4. The zero-order chi connectivity index (χ0) is 43.5. The number of fused-ring (bicyclic) bond motifs is 3. The molecule has 0 bridgehead atoms. The maximum Gasteiger partial charge on any atom is 0.407 e. The van der Waals surface area contributed by atoms with E-state index in [0.717, 1.165) is 81.3 Å². The fourth-order valence-electron chi connectivity index (χ4n) is 8.79. The number of amides is 4. The van der Waals surface area contributed by atoms with Crippen LogP contribution in [-0.4, -0.2) is 87.1 Å². The standard InChI is InChI=1S/C48H50N8O6/c1-6-12-30-26-33(37-27-49-43(51-37)38-15-10-23-55(38)46(58)41(54-48(60)62-5)29-13-8-7-9-14-29)18-20-34(30)31-17-21-35-32(25-31)19-22-36-42(35)52-44(50-36)39-16-11-24-56(39)45(57)40(28(2)3)53-47(59)61-4/h7-9,13-14,17-22,25-28,38-41H,10-11,15-16,23-24H2,1-5H3,(H,49,51)(H,50,52)(H,53,59)(H,54,60)/t38-,39-,40-,41+/m0/s1. The Labute approximate surface area is 359 Å². The summed E-state index contributed by atoms with van der Waals surface area (Å²) in [4.78, 5) is 72.5. The van der Waals surface area contributed by atoms with Gasteiger partial charge in [0.1, 0.15) is 23.7 Å². The quantitative estimate of drug-likeness (QED) is 0.101. The van der Waals surface area contributed by atoms with Crippen LogP contribution in [0.15, 0.2) is 85.1 Å². The van der Waals surface area contributed by atoms with E-state index >= 15 is 0 Å². The molecule has 14 heteroatoms. The molecule has 8 rings (SSSR count). The first kappa shape index (κ1) is 41.6. The maximum atomic E-state index is 14.0. The minimum Gasteiger partial charge on any atom is -0.453 e. The van der Waals surface area contributed by atoms with Gasteiger partial charge in [0.05, 0.1) is 49.2 Å². The van der Waals surface area contributed by atoms with Gasteiger partial charge in [-0.2, -0.15) is 0 Å². The number of carbonyl (C=O) groups excluding carboxylic acids is 4. The van der Waals surface area contributed by atoms with Crippen molar-refractivity contribution in [1.82, 2.24) is 40.4 Å². The van der Waals surface area contributed by atoms with Crippen LogP contribution in [0, 0.1) is 17.8 Å². The van der Waals surface area contributed by atoms with E-state index in [1.807, 2.05) is 68.1 Å². The first-order valence-electron chi connectivity index (χ1n) is 21.0. The lowest BCUT2D eigenvalue weighted by Crippen LogP contribution is -2.51. The van der Waals surface area contributed by atoms with E-state index in [0.29, 0.717) is 24.5 Å². The van der Waals surface area contributed by atoms with Crippen LogP contribution in [-0.2, 0) is 19.1 Å². The minimum absolute atomic E-state index is 0.124. The third kappa shape index (κ3) is 8.18. The van der Waals surface area contributed by atoms with Crippen molar-refractivity contribution in [2.45, 2.75) is 70.6 Å². The number of carbonyl (C=O) groups is 4. The molecule has 4 heterocycles. The number of nitrogens with one attached hydrogen (secondary N) is 4. The van der Waals surface area contributed by atoms with E-state index in [-0.39, 0.29) is 29.8 Å². The summed E-state index contributed by atoms with van der Waals surface area (Å²) in [5, 5.41) is 7.47. The molecular weight excluding hydrogens is 785 g/mol. The Bertz CT molecular complexity index is 2710. The Kier molecular flexibility index (Phi) is 12.0. The number of hydrogen-bond acceptors (Lipinski definition) is 8. The molecule has 62 heavy (non-hydrogen) atoms. The summed E-state index contributed by atoms with van der Waals surface area (Å²) < 4.78 is 9.65. The van der Waals surface area contributed by atoms with E-state index in [2.05, 4.69) is 68.8 Å². The van der Waals surface area contributed by atoms with Crippen LogP contribution in [0.4, 0.5) is 9.59 Å². The van der Waals surface area contributed by atoms with Crippen LogP contribution in [0.2, 0.25) is 0 Å². The predicted octanol–water partition coefficient (Wildman–Crippen LogP) is 7.95.